The second kappa shape index (κ2) is 5.36. The van der Waals surface area contributed by atoms with Crippen molar-refractivity contribution >= 4 is 0 Å². The van der Waals surface area contributed by atoms with Gasteiger partial charge in [-0.15, -0.1) is 0 Å². The molecular formula is C14H21NO4. The number of hydrogen-bond acceptors (Lipinski definition) is 5. The third kappa shape index (κ3) is 2.08. The molecule has 5 nitrogen and oxygen atoms in total. The van der Waals surface area contributed by atoms with Gasteiger partial charge in [-0.25, -0.2) is 0 Å². The first-order valence-electron chi connectivity index (χ1n) is 6.27. The molecule has 0 aliphatic carbocycles. The lowest BCUT2D eigenvalue weighted by Crippen LogP contribution is -2.60. The van der Waals surface area contributed by atoms with E-state index in [-0.39, 0.29) is 18.1 Å². The summed E-state index contributed by atoms with van der Waals surface area (Å²) in [4.78, 5) is 0. The van der Waals surface area contributed by atoms with Gasteiger partial charge >= 0.3 is 0 Å². The van der Waals surface area contributed by atoms with Gasteiger partial charge in [0.1, 0.15) is 11.5 Å². The highest BCUT2D eigenvalue weighted by molar-refractivity contribution is 5.53. The summed E-state index contributed by atoms with van der Waals surface area (Å²) in [5.41, 5.74) is 7.60. The van der Waals surface area contributed by atoms with Crippen LogP contribution in [-0.4, -0.2) is 45.2 Å². The van der Waals surface area contributed by atoms with Crippen molar-refractivity contribution in [2.24, 2.45) is 5.73 Å². The molecule has 1 aliphatic rings. The van der Waals surface area contributed by atoms with Gasteiger partial charge in [0.2, 0.25) is 0 Å². The Balaban J connectivity index is 2.52. The van der Waals surface area contributed by atoms with Crippen molar-refractivity contribution in [3.8, 4) is 11.5 Å². The number of hydrogen-bond donors (Lipinski definition) is 2. The average Bonchev–Trinajstić information content (AvgIpc) is 2.37. The van der Waals surface area contributed by atoms with Gasteiger partial charge in [-0.05, 0) is 13.0 Å². The highest BCUT2D eigenvalue weighted by atomic mass is 16.5. The van der Waals surface area contributed by atoms with E-state index < -0.39 is 0 Å². The molecule has 1 aromatic rings. The van der Waals surface area contributed by atoms with Gasteiger partial charge < -0.3 is 25.1 Å². The van der Waals surface area contributed by atoms with Gasteiger partial charge in [-0.3, -0.25) is 0 Å². The predicted molar refractivity (Wildman–Crippen MR) is 71.8 cm³/mol. The van der Waals surface area contributed by atoms with Gasteiger partial charge in [-0.1, -0.05) is 6.07 Å². The zero-order valence-electron chi connectivity index (χ0n) is 11.6. The van der Waals surface area contributed by atoms with Crippen LogP contribution in [0, 0.1) is 6.92 Å². The second-order valence-electron chi connectivity index (χ2n) is 4.91. The lowest BCUT2D eigenvalue weighted by molar-refractivity contribution is -0.0807. The van der Waals surface area contributed by atoms with Crippen LogP contribution in [-0.2, 0) is 10.2 Å². The standard InChI is InChI=1S/C14H21NO4/c1-9-11(17-2)5-4-10(13(9)18-3)14(7-19-8-14)12(15)6-16/h4-5,12,16H,6-8,15H2,1-3H3. The molecule has 0 aromatic heterocycles. The molecular weight excluding hydrogens is 246 g/mol. The molecule has 2 rings (SSSR count). The third-order valence-corrected chi connectivity index (χ3v) is 3.94. The molecule has 3 N–H and O–H groups in total. The van der Waals surface area contributed by atoms with Gasteiger partial charge in [0.05, 0.1) is 39.5 Å². The van der Waals surface area contributed by atoms with Crippen LogP contribution in [0.3, 0.4) is 0 Å². The number of ether oxygens (including phenoxy) is 3. The van der Waals surface area contributed by atoms with Gasteiger partial charge in [0.25, 0.3) is 0 Å². The van der Waals surface area contributed by atoms with E-state index in [4.69, 9.17) is 19.9 Å². The molecule has 1 aromatic carbocycles. The summed E-state index contributed by atoms with van der Waals surface area (Å²) in [6.07, 6.45) is 0. The molecule has 1 heterocycles. The van der Waals surface area contributed by atoms with Gasteiger partial charge in [0, 0.05) is 17.2 Å². The molecule has 1 fully saturated rings. The molecule has 0 radical (unpaired) electrons. The monoisotopic (exact) mass is 267 g/mol. The van der Waals surface area contributed by atoms with Crippen molar-refractivity contribution in [3.05, 3.63) is 23.3 Å². The number of nitrogens with two attached hydrogens (primary N) is 1. The van der Waals surface area contributed by atoms with E-state index in [1.165, 1.54) is 0 Å². The van der Waals surface area contributed by atoms with Crippen LogP contribution in [0.5, 0.6) is 11.5 Å². The van der Waals surface area contributed by atoms with E-state index >= 15 is 0 Å². The molecule has 1 atom stereocenters. The quantitative estimate of drug-likeness (QED) is 0.817. The summed E-state index contributed by atoms with van der Waals surface area (Å²) in [6.45, 7) is 2.85. The fourth-order valence-electron chi connectivity index (χ4n) is 2.62. The second-order valence-corrected chi connectivity index (χ2v) is 4.91. The van der Waals surface area contributed by atoms with Gasteiger partial charge in [-0.2, -0.15) is 0 Å². The average molecular weight is 267 g/mol. The van der Waals surface area contributed by atoms with Crippen molar-refractivity contribution in [1.82, 2.24) is 0 Å². The molecule has 106 valence electrons. The van der Waals surface area contributed by atoms with Crippen molar-refractivity contribution in [2.45, 2.75) is 18.4 Å². The summed E-state index contributed by atoms with van der Waals surface area (Å²) in [7, 11) is 3.26. The van der Waals surface area contributed by atoms with E-state index in [0.717, 1.165) is 22.6 Å². The Labute approximate surface area is 113 Å². The number of aliphatic hydroxyl groups is 1. The van der Waals surface area contributed by atoms with Crippen molar-refractivity contribution in [2.75, 3.05) is 34.0 Å². The van der Waals surface area contributed by atoms with Crippen LogP contribution >= 0.6 is 0 Å². The maximum Gasteiger partial charge on any atom is 0.129 e. The number of benzene rings is 1. The Hall–Kier alpha value is -1.30. The molecule has 1 aliphatic heterocycles. The number of methoxy groups -OCH3 is 2. The molecule has 1 unspecified atom stereocenters. The van der Waals surface area contributed by atoms with Crippen LogP contribution < -0.4 is 15.2 Å². The Bertz CT molecular complexity index is 457. The highest BCUT2D eigenvalue weighted by Crippen LogP contribution is 2.43. The van der Waals surface area contributed by atoms with Crippen molar-refractivity contribution in [1.29, 1.82) is 0 Å². The lowest BCUT2D eigenvalue weighted by Gasteiger charge is -2.46. The van der Waals surface area contributed by atoms with Crippen molar-refractivity contribution in [3.63, 3.8) is 0 Å². The molecule has 19 heavy (non-hydrogen) atoms. The minimum absolute atomic E-state index is 0.0857. The zero-order valence-corrected chi connectivity index (χ0v) is 11.6. The summed E-state index contributed by atoms with van der Waals surface area (Å²) < 4.78 is 16.2. The fourth-order valence-corrected chi connectivity index (χ4v) is 2.62. The van der Waals surface area contributed by atoms with E-state index in [9.17, 15) is 5.11 Å². The largest absolute Gasteiger partial charge is 0.496 e. The Morgan fingerprint density at radius 3 is 2.47 bits per heavy atom. The lowest BCUT2D eigenvalue weighted by atomic mass is 9.72. The van der Waals surface area contributed by atoms with Crippen LogP contribution in [0.1, 0.15) is 11.1 Å². The smallest absolute Gasteiger partial charge is 0.129 e. The first-order valence-corrected chi connectivity index (χ1v) is 6.27. The predicted octanol–water partition coefficient (Wildman–Crippen LogP) is 0.600. The third-order valence-electron chi connectivity index (χ3n) is 3.94. The normalized spacial score (nSPS) is 18.6. The van der Waals surface area contributed by atoms with E-state index in [2.05, 4.69) is 0 Å². The maximum atomic E-state index is 9.38. The number of rotatable bonds is 5. The first kappa shape index (κ1) is 14.1. The molecule has 0 spiro atoms. The molecule has 5 heteroatoms. The Morgan fingerprint density at radius 2 is 2.05 bits per heavy atom. The Kier molecular flexibility index (Phi) is 3.99. The van der Waals surface area contributed by atoms with E-state index in [1.54, 1.807) is 14.2 Å². The first-order chi connectivity index (χ1) is 9.10. The number of aliphatic hydroxyl groups excluding tert-OH is 1. The topological polar surface area (TPSA) is 73.9 Å². The minimum atomic E-state index is -0.378. The van der Waals surface area contributed by atoms with Gasteiger partial charge in [0.15, 0.2) is 0 Å². The van der Waals surface area contributed by atoms with Crippen LogP contribution in [0.25, 0.3) is 0 Å². The van der Waals surface area contributed by atoms with Crippen molar-refractivity contribution < 1.29 is 19.3 Å². The minimum Gasteiger partial charge on any atom is -0.496 e. The fraction of sp³-hybridized carbons (Fsp3) is 0.571. The molecule has 0 amide bonds. The zero-order chi connectivity index (χ0) is 14.0. The summed E-state index contributed by atoms with van der Waals surface area (Å²) in [5, 5.41) is 9.38. The van der Waals surface area contributed by atoms with E-state index in [0.29, 0.717) is 13.2 Å². The van der Waals surface area contributed by atoms with Crippen LogP contribution in [0.4, 0.5) is 0 Å². The SMILES string of the molecule is COc1ccc(C2(C(N)CO)COC2)c(OC)c1C. The summed E-state index contributed by atoms with van der Waals surface area (Å²) >= 11 is 0. The summed E-state index contributed by atoms with van der Waals surface area (Å²) in [6, 6.07) is 3.48. The summed E-state index contributed by atoms with van der Waals surface area (Å²) in [5.74, 6) is 1.53. The van der Waals surface area contributed by atoms with Crippen LogP contribution in [0.15, 0.2) is 12.1 Å². The molecule has 0 bridgehead atoms. The van der Waals surface area contributed by atoms with E-state index in [1.807, 2.05) is 19.1 Å². The highest BCUT2D eigenvalue weighted by Gasteiger charge is 2.47. The molecule has 0 saturated carbocycles. The maximum absolute atomic E-state index is 9.38. The Morgan fingerprint density at radius 1 is 1.37 bits per heavy atom. The molecule has 1 saturated heterocycles. The van der Waals surface area contributed by atoms with Crippen LogP contribution in [0.2, 0.25) is 0 Å².